The Morgan fingerprint density at radius 2 is 1.02 bits per heavy atom. The highest BCUT2D eigenvalue weighted by Gasteiger charge is 2.44. The Morgan fingerprint density at radius 3 is 1.35 bits per heavy atom. The van der Waals surface area contributed by atoms with Crippen LogP contribution in [0.3, 0.4) is 0 Å². The lowest BCUT2D eigenvalue weighted by molar-refractivity contribution is -0.262. The van der Waals surface area contributed by atoms with E-state index in [1.807, 2.05) is 23.9 Å². The minimum absolute atomic E-state index is 0.00540. The van der Waals surface area contributed by atoms with Gasteiger partial charge in [-0.05, 0) is 40.0 Å². The third-order valence-electron chi connectivity index (χ3n) is 7.24. The SMILES string of the molecule is CN(CCCCN(C)CC(O)CO[C@H]1O[C@H](CN)[C@@H](O)[C@H](O)[C@H]1N)CC(O)CO[C@H]1O[C@H](CN)[C@@H](O)[C@H](O)[C@H]1N. The Balaban J connectivity index is 1.58. The number of nitrogens with two attached hydrogens (primary N) is 4. The molecule has 2 saturated heterocycles. The van der Waals surface area contributed by atoms with Crippen LogP contribution in [0, 0.1) is 0 Å². The number of hydrogen-bond acceptors (Lipinski definition) is 16. The molecule has 2 aliphatic rings. The number of aliphatic hydroxyl groups is 6. The number of hydrogen-bond donors (Lipinski definition) is 10. The standard InChI is InChI=1S/C24H52N6O10/c1-29(9-13(31)11-37-23-17(27)21(35)19(33)15(7-25)39-23)5-3-4-6-30(2)10-14(32)12-38-24-18(28)22(36)20(34)16(8-26)40-24/h13-24,31-36H,3-12,25-28H2,1-2H3/t13?,14?,15-,16-,17-,18-,19-,20-,21-,22-,23+,24+/m1/s1. The van der Waals surface area contributed by atoms with Crippen molar-refractivity contribution in [2.75, 3.05) is 66.6 Å². The second kappa shape index (κ2) is 17.5. The van der Waals surface area contributed by atoms with Crippen molar-refractivity contribution in [1.29, 1.82) is 0 Å². The Hall–Kier alpha value is -0.640. The maximum atomic E-state index is 10.3. The Labute approximate surface area is 235 Å². The largest absolute Gasteiger partial charge is 0.389 e. The van der Waals surface area contributed by atoms with Crippen molar-refractivity contribution in [3.63, 3.8) is 0 Å². The number of ether oxygens (including phenoxy) is 4. The van der Waals surface area contributed by atoms with Crippen LogP contribution in [0.2, 0.25) is 0 Å². The summed E-state index contributed by atoms with van der Waals surface area (Å²) in [7, 11) is 3.76. The van der Waals surface area contributed by atoms with Crippen molar-refractivity contribution in [2.45, 2.75) is 86.3 Å². The number of rotatable bonds is 17. The van der Waals surface area contributed by atoms with Gasteiger partial charge in [-0.1, -0.05) is 0 Å². The summed E-state index contributed by atoms with van der Waals surface area (Å²) in [6.07, 6.45) is -8.38. The zero-order valence-electron chi connectivity index (χ0n) is 23.5. The van der Waals surface area contributed by atoms with Crippen molar-refractivity contribution in [2.24, 2.45) is 22.9 Å². The van der Waals surface area contributed by atoms with Crippen LogP contribution < -0.4 is 22.9 Å². The minimum atomic E-state index is -1.24. The zero-order valence-corrected chi connectivity index (χ0v) is 23.5. The van der Waals surface area contributed by atoms with Crippen LogP contribution in [-0.2, 0) is 18.9 Å². The van der Waals surface area contributed by atoms with Crippen LogP contribution in [0.1, 0.15) is 12.8 Å². The molecule has 12 atom stereocenters. The first-order valence-electron chi connectivity index (χ1n) is 13.8. The second-order valence-electron chi connectivity index (χ2n) is 10.9. The van der Waals surface area contributed by atoms with Gasteiger partial charge in [0.15, 0.2) is 12.6 Å². The summed E-state index contributed by atoms with van der Waals surface area (Å²) < 4.78 is 22.1. The third kappa shape index (κ3) is 10.6. The van der Waals surface area contributed by atoms with Crippen molar-refractivity contribution in [1.82, 2.24) is 9.80 Å². The lowest BCUT2D eigenvalue weighted by Crippen LogP contribution is -2.63. The normalized spacial score (nSPS) is 36.8. The molecule has 0 amide bonds. The summed E-state index contributed by atoms with van der Waals surface area (Å²) >= 11 is 0. The fraction of sp³-hybridized carbons (Fsp3) is 1.00. The first-order chi connectivity index (χ1) is 18.9. The maximum Gasteiger partial charge on any atom is 0.175 e. The third-order valence-corrected chi connectivity index (χ3v) is 7.24. The van der Waals surface area contributed by atoms with Crippen molar-refractivity contribution in [3.05, 3.63) is 0 Å². The van der Waals surface area contributed by atoms with Crippen LogP contribution in [-0.4, -0.2) is 181 Å². The molecule has 2 aliphatic heterocycles. The van der Waals surface area contributed by atoms with E-state index in [4.69, 9.17) is 41.9 Å². The molecule has 0 radical (unpaired) electrons. The fourth-order valence-corrected chi connectivity index (χ4v) is 4.78. The topological polar surface area (TPSA) is 269 Å². The number of unbranched alkanes of at least 4 members (excludes halogenated alkanes) is 1. The Kier molecular flexibility index (Phi) is 15.5. The molecule has 16 nitrogen and oxygen atoms in total. The van der Waals surface area contributed by atoms with Gasteiger partial charge >= 0.3 is 0 Å². The molecule has 0 aromatic rings. The second-order valence-corrected chi connectivity index (χ2v) is 10.9. The summed E-state index contributed by atoms with van der Waals surface area (Å²) in [4.78, 5) is 3.93. The van der Waals surface area contributed by atoms with Gasteiger partial charge < -0.3 is 82.3 Å². The van der Waals surface area contributed by atoms with E-state index in [2.05, 4.69) is 0 Å². The van der Waals surface area contributed by atoms with Crippen LogP contribution >= 0.6 is 0 Å². The maximum absolute atomic E-state index is 10.3. The van der Waals surface area contributed by atoms with Crippen molar-refractivity contribution in [3.8, 4) is 0 Å². The smallest absolute Gasteiger partial charge is 0.175 e. The molecule has 238 valence electrons. The van der Waals surface area contributed by atoms with E-state index < -0.39 is 73.5 Å². The van der Waals surface area contributed by atoms with E-state index in [1.165, 1.54) is 0 Å². The highest BCUT2D eigenvalue weighted by Crippen LogP contribution is 2.21. The van der Waals surface area contributed by atoms with Gasteiger partial charge in [0.2, 0.25) is 0 Å². The molecule has 0 bridgehead atoms. The van der Waals surface area contributed by atoms with Crippen molar-refractivity contribution < 1.29 is 49.6 Å². The van der Waals surface area contributed by atoms with Gasteiger partial charge in [0.25, 0.3) is 0 Å². The molecule has 0 spiro atoms. The summed E-state index contributed by atoms with van der Waals surface area (Å²) in [5.41, 5.74) is 22.9. The molecule has 2 rings (SSSR count). The Bertz CT molecular complexity index is 645. The van der Waals surface area contributed by atoms with Crippen LogP contribution in [0.15, 0.2) is 0 Å². The molecular formula is C24H52N6O10. The number of nitrogens with zero attached hydrogens (tertiary/aromatic N) is 2. The number of aliphatic hydroxyl groups excluding tert-OH is 6. The van der Waals surface area contributed by atoms with Gasteiger partial charge in [-0.15, -0.1) is 0 Å². The quantitative estimate of drug-likeness (QED) is 0.0712. The monoisotopic (exact) mass is 584 g/mol. The first-order valence-corrected chi connectivity index (χ1v) is 13.8. The average Bonchev–Trinajstić information content (AvgIpc) is 2.92. The average molecular weight is 585 g/mol. The molecule has 2 fully saturated rings. The van der Waals surface area contributed by atoms with Crippen LogP contribution in [0.25, 0.3) is 0 Å². The molecule has 0 aromatic heterocycles. The van der Waals surface area contributed by atoms with E-state index in [1.54, 1.807) is 0 Å². The lowest BCUT2D eigenvalue weighted by Gasteiger charge is -2.40. The fourth-order valence-electron chi connectivity index (χ4n) is 4.78. The van der Waals surface area contributed by atoms with Gasteiger partial charge in [0.1, 0.15) is 36.6 Å². The zero-order chi connectivity index (χ0) is 30.0. The molecule has 40 heavy (non-hydrogen) atoms. The highest BCUT2D eigenvalue weighted by molar-refractivity contribution is 4.93. The van der Waals surface area contributed by atoms with Crippen LogP contribution in [0.5, 0.6) is 0 Å². The van der Waals surface area contributed by atoms with Gasteiger partial charge in [-0.2, -0.15) is 0 Å². The van der Waals surface area contributed by atoms with Crippen molar-refractivity contribution >= 4 is 0 Å². The molecule has 14 N–H and O–H groups in total. The van der Waals surface area contributed by atoms with Gasteiger partial charge in [0.05, 0.1) is 37.5 Å². The summed E-state index contributed by atoms with van der Waals surface area (Å²) in [5, 5.41) is 60.6. The number of likely N-dealkylation sites (N-methyl/N-ethyl adjacent to an activating group) is 2. The van der Waals surface area contributed by atoms with E-state index in [9.17, 15) is 30.6 Å². The molecule has 2 unspecified atom stereocenters. The Morgan fingerprint density at radius 1 is 0.675 bits per heavy atom. The summed E-state index contributed by atoms with van der Waals surface area (Å²) in [6.45, 7) is 2.02. The first kappa shape index (κ1) is 35.6. The van der Waals surface area contributed by atoms with Gasteiger partial charge in [-0.25, -0.2) is 0 Å². The van der Waals surface area contributed by atoms with E-state index >= 15 is 0 Å². The van der Waals surface area contributed by atoms with Gasteiger partial charge in [-0.3, -0.25) is 0 Å². The highest BCUT2D eigenvalue weighted by atomic mass is 16.7. The molecular weight excluding hydrogens is 532 g/mol. The van der Waals surface area contributed by atoms with E-state index in [0.717, 1.165) is 25.9 Å². The summed E-state index contributed by atoms with van der Waals surface area (Å²) in [6, 6.07) is -1.93. The predicted molar refractivity (Wildman–Crippen MR) is 144 cm³/mol. The van der Waals surface area contributed by atoms with E-state index in [-0.39, 0.29) is 26.3 Å². The molecule has 0 aromatic carbocycles. The summed E-state index contributed by atoms with van der Waals surface area (Å²) in [5.74, 6) is 0. The molecule has 2 heterocycles. The molecule has 0 saturated carbocycles. The molecule has 0 aliphatic carbocycles. The predicted octanol–water partition coefficient (Wildman–Crippen LogP) is -6.15. The lowest BCUT2D eigenvalue weighted by atomic mass is 9.97. The van der Waals surface area contributed by atoms with Gasteiger partial charge in [0, 0.05) is 26.2 Å². The molecule has 16 heteroatoms. The minimum Gasteiger partial charge on any atom is -0.389 e. The van der Waals surface area contributed by atoms with Crippen LogP contribution in [0.4, 0.5) is 0 Å². The van der Waals surface area contributed by atoms with E-state index in [0.29, 0.717) is 13.1 Å².